The van der Waals surface area contributed by atoms with Gasteiger partial charge in [0.1, 0.15) is 18.1 Å². The average molecular weight is 400 g/mol. The van der Waals surface area contributed by atoms with E-state index in [1.165, 1.54) is 18.7 Å². The van der Waals surface area contributed by atoms with Crippen LogP contribution in [0.3, 0.4) is 0 Å². The number of methoxy groups -OCH3 is 1. The van der Waals surface area contributed by atoms with E-state index in [2.05, 4.69) is 10.2 Å². The number of aliphatic hydroxyl groups is 1. The quantitative estimate of drug-likeness (QED) is 0.431. The maximum Gasteiger partial charge on any atom is 0.276 e. The van der Waals surface area contributed by atoms with E-state index >= 15 is 0 Å². The van der Waals surface area contributed by atoms with Crippen molar-refractivity contribution in [3.05, 3.63) is 54.1 Å². The maximum atomic E-state index is 11.3. The van der Waals surface area contributed by atoms with Gasteiger partial charge in [-0.2, -0.15) is 0 Å². The van der Waals surface area contributed by atoms with Crippen LogP contribution in [0.4, 0.5) is 0 Å². The van der Waals surface area contributed by atoms with Gasteiger partial charge in [-0.3, -0.25) is 4.79 Å². The van der Waals surface area contributed by atoms with Crippen molar-refractivity contribution >= 4 is 17.5 Å². The summed E-state index contributed by atoms with van der Waals surface area (Å²) in [6.07, 6.45) is -0.714. The number of ketones is 1. The highest BCUT2D eigenvalue weighted by molar-refractivity contribution is 7.99. The Labute approximate surface area is 166 Å². The van der Waals surface area contributed by atoms with E-state index in [1.807, 2.05) is 24.3 Å². The van der Waals surface area contributed by atoms with Gasteiger partial charge in [0.15, 0.2) is 5.78 Å². The number of hydrogen-bond donors (Lipinski definition) is 1. The molecule has 1 unspecified atom stereocenters. The van der Waals surface area contributed by atoms with Crippen LogP contribution in [0.2, 0.25) is 0 Å². The van der Waals surface area contributed by atoms with E-state index in [0.717, 1.165) is 11.3 Å². The van der Waals surface area contributed by atoms with Crippen molar-refractivity contribution in [2.45, 2.75) is 18.3 Å². The van der Waals surface area contributed by atoms with Crippen LogP contribution in [0.25, 0.3) is 11.5 Å². The Morgan fingerprint density at radius 2 is 1.79 bits per heavy atom. The molecule has 0 radical (unpaired) electrons. The van der Waals surface area contributed by atoms with Crippen LogP contribution in [0.5, 0.6) is 11.5 Å². The molecule has 1 atom stereocenters. The number of aliphatic hydroxyl groups excluding tert-OH is 1. The van der Waals surface area contributed by atoms with Gasteiger partial charge in [-0.05, 0) is 55.5 Å². The molecule has 3 aromatic rings. The Hall–Kier alpha value is -2.84. The first-order valence-electron chi connectivity index (χ1n) is 8.57. The van der Waals surface area contributed by atoms with E-state index in [-0.39, 0.29) is 12.4 Å². The van der Waals surface area contributed by atoms with E-state index in [9.17, 15) is 9.90 Å². The first-order valence-corrected chi connectivity index (χ1v) is 9.56. The second-order valence-electron chi connectivity index (χ2n) is 5.96. The van der Waals surface area contributed by atoms with Gasteiger partial charge in [-0.25, -0.2) is 0 Å². The van der Waals surface area contributed by atoms with Crippen molar-refractivity contribution in [1.82, 2.24) is 10.2 Å². The SMILES string of the molecule is COc1ccc(-c2nnc(SCC(O)COc3ccc(C(C)=O)cc3)o2)cc1. The molecule has 8 heteroatoms. The van der Waals surface area contributed by atoms with Crippen LogP contribution >= 0.6 is 11.8 Å². The molecule has 1 aromatic heterocycles. The van der Waals surface area contributed by atoms with Gasteiger partial charge >= 0.3 is 0 Å². The minimum absolute atomic E-state index is 0.00319. The van der Waals surface area contributed by atoms with Gasteiger partial charge in [0.25, 0.3) is 5.22 Å². The number of nitrogens with zero attached hydrogens (tertiary/aromatic N) is 2. The minimum atomic E-state index is -0.714. The minimum Gasteiger partial charge on any atom is -0.497 e. The van der Waals surface area contributed by atoms with Crippen molar-refractivity contribution < 1.29 is 23.8 Å². The van der Waals surface area contributed by atoms with Crippen LogP contribution < -0.4 is 9.47 Å². The van der Waals surface area contributed by atoms with Crippen LogP contribution in [0.1, 0.15) is 17.3 Å². The van der Waals surface area contributed by atoms with Crippen molar-refractivity contribution in [3.8, 4) is 23.0 Å². The summed E-state index contributed by atoms with van der Waals surface area (Å²) in [4.78, 5) is 11.3. The molecule has 0 spiro atoms. The summed E-state index contributed by atoms with van der Waals surface area (Å²) in [5, 5.41) is 18.5. The third kappa shape index (κ3) is 5.34. The molecule has 1 heterocycles. The summed E-state index contributed by atoms with van der Waals surface area (Å²) in [6, 6.07) is 14.1. The lowest BCUT2D eigenvalue weighted by Gasteiger charge is -2.11. The summed E-state index contributed by atoms with van der Waals surface area (Å²) >= 11 is 1.25. The smallest absolute Gasteiger partial charge is 0.276 e. The zero-order chi connectivity index (χ0) is 19.9. The fourth-order valence-corrected chi connectivity index (χ4v) is 2.98. The number of Topliss-reactive ketones (excluding diaryl/α,β-unsaturated/α-hetero) is 1. The fourth-order valence-electron chi connectivity index (χ4n) is 2.31. The van der Waals surface area contributed by atoms with E-state index in [1.54, 1.807) is 31.4 Å². The molecule has 0 saturated heterocycles. The van der Waals surface area contributed by atoms with Gasteiger partial charge in [-0.1, -0.05) is 11.8 Å². The fraction of sp³-hybridized carbons (Fsp3) is 0.250. The van der Waals surface area contributed by atoms with Crippen molar-refractivity contribution in [1.29, 1.82) is 0 Å². The molecule has 0 aliphatic heterocycles. The Bertz CT molecular complexity index is 909. The van der Waals surface area contributed by atoms with Crippen molar-refractivity contribution in [2.75, 3.05) is 19.5 Å². The van der Waals surface area contributed by atoms with Crippen molar-refractivity contribution in [2.24, 2.45) is 0 Å². The normalized spacial score (nSPS) is 11.8. The molecule has 0 saturated carbocycles. The molecule has 1 N–H and O–H groups in total. The number of hydrogen-bond acceptors (Lipinski definition) is 8. The Kier molecular flexibility index (Phi) is 6.67. The number of aromatic nitrogens is 2. The predicted octanol–water partition coefficient (Wildman–Crippen LogP) is 3.48. The zero-order valence-electron chi connectivity index (χ0n) is 15.5. The second kappa shape index (κ2) is 9.38. The highest BCUT2D eigenvalue weighted by Crippen LogP contribution is 2.25. The lowest BCUT2D eigenvalue weighted by atomic mass is 10.1. The standard InChI is InChI=1S/C20H20N2O5S/c1-13(23)14-3-9-18(10-4-14)26-11-16(24)12-28-20-22-21-19(27-20)15-5-7-17(25-2)8-6-15/h3-10,16,24H,11-12H2,1-2H3. The average Bonchev–Trinajstić information content (AvgIpc) is 3.20. The molecular formula is C20H20N2O5S. The molecule has 28 heavy (non-hydrogen) atoms. The second-order valence-corrected chi connectivity index (χ2v) is 6.93. The van der Waals surface area contributed by atoms with Crippen molar-refractivity contribution in [3.63, 3.8) is 0 Å². The van der Waals surface area contributed by atoms with Crippen LogP contribution in [-0.2, 0) is 0 Å². The largest absolute Gasteiger partial charge is 0.497 e. The van der Waals surface area contributed by atoms with Crippen LogP contribution in [-0.4, -0.2) is 46.7 Å². The number of ether oxygens (including phenoxy) is 2. The van der Waals surface area contributed by atoms with E-state index < -0.39 is 6.10 Å². The molecule has 3 rings (SSSR count). The zero-order valence-corrected chi connectivity index (χ0v) is 16.3. The Morgan fingerprint density at radius 3 is 2.43 bits per heavy atom. The summed E-state index contributed by atoms with van der Waals surface area (Å²) in [6.45, 7) is 1.63. The number of benzene rings is 2. The first kappa shape index (κ1) is 19.9. The summed E-state index contributed by atoms with van der Waals surface area (Å²) in [7, 11) is 1.60. The van der Waals surface area contributed by atoms with Crippen LogP contribution in [0, 0.1) is 0 Å². The number of carbonyl (C=O) groups excluding carboxylic acids is 1. The highest BCUT2D eigenvalue weighted by Gasteiger charge is 2.13. The van der Waals surface area contributed by atoms with Crippen LogP contribution in [0.15, 0.2) is 58.2 Å². The van der Waals surface area contributed by atoms with E-state index in [4.69, 9.17) is 13.9 Å². The molecule has 146 valence electrons. The summed E-state index contributed by atoms with van der Waals surface area (Å²) in [5.41, 5.74) is 1.41. The number of rotatable bonds is 9. The highest BCUT2D eigenvalue weighted by atomic mass is 32.2. The van der Waals surface area contributed by atoms with Gasteiger partial charge in [0.05, 0.1) is 13.2 Å². The molecule has 2 aromatic carbocycles. The molecule has 7 nitrogen and oxygen atoms in total. The van der Waals surface area contributed by atoms with Gasteiger partial charge < -0.3 is 19.0 Å². The molecule has 0 fully saturated rings. The van der Waals surface area contributed by atoms with Gasteiger partial charge in [-0.15, -0.1) is 10.2 Å². The third-order valence-electron chi connectivity index (χ3n) is 3.85. The molecule has 0 aliphatic rings. The number of thioether (sulfide) groups is 1. The van der Waals surface area contributed by atoms with Gasteiger partial charge in [0, 0.05) is 16.9 Å². The Balaban J connectivity index is 1.47. The first-order chi connectivity index (χ1) is 13.5. The lowest BCUT2D eigenvalue weighted by Crippen LogP contribution is -2.20. The third-order valence-corrected chi connectivity index (χ3v) is 4.81. The van der Waals surface area contributed by atoms with Gasteiger partial charge in [0.2, 0.25) is 5.89 Å². The molecular weight excluding hydrogens is 380 g/mol. The number of carbonyl (C=O) groups is 1. The topological polar surface area (TPSA) is 94.7 Å². The monoisotopic (exact) mass is 400 g/mol. The van der Waals surface area contributed by atoms with E-state index in [0.29, 0.717) is 28.2 Å². The lowest BCUT2D eigenvalue weighted by molar-refractivity contribution is 0.101. The predicted molar refractivity (Wildman–Crippen MR) is 105 cm³/mol. The molecule has 0 bridgehead atoms. The Morgan fingerprint density at radius 1 is 1.11 bits per heavy atom. The summed E-state index contributed by atoms with van der Waals surface area (Å²) < 4.78 is 16.3. The molecule has 0 aliphatic carbocycles. The molecule has 0 amide bonds. The summed E-state index contributed by atoms with van der Waals surface area (Å²) in [5.74, 6) is 2.08. The maximum absolute atomic E-state index is 11.3.